The lowest BCUT2D eigenvalue weighted by atomic mass is 10.0. The van der Waals surface area contributed by atoms with Crippen LogP contribution in [-0.4, -0.2) is 5.71 Å². The summed E-state index contributed by atoms with van der Waals surface area (Å²) in [6, 6.07) is 12.9. The van der Waals surface area contributed by atoms with Gasteiger partial charge in [-0.15, -0.1) is 0 Å². The molecule has 1 aliphatic rings. The monoisotopic (exact) mass is 181 g/mol. The van der Waals surface area contributed by atoms with Crippen LogP contribution in [0.1, 0.15) is 12.5 Å². The van der Waals surface area contributed by atoms with Crippen molar-refractivity contribution in [2.45, 2.75) is 13.3 Å². The molecule has 0 saturated heterocycles. The molecule has 0 atom stereocenters. The molecule has 1 nitrogen and oxygen atoms in total. The predicted molar refractivity (Wildman–Crippen MR) is 60.4 cm³/mol. The number of hydrogen-bond acceptors (Lipinski definition) is 1. The topological polar surface area (TPSA) is 12.4 Å². The highest BCUT2D eigenvalue weighted by Gasteiger charge is 2.11. The first-order chi connectivity index (χ1) is 6.83. The minimum atomic E-state index is 1.01. The van der Waals surface area contributed by atoms with E-state index < -0.39 is 0 Å². The fraction of sp³-hybridized carbons (Fsp3) is 0.154. The second-order valence-corrected chi connectivity index (χ2v) is 3.85. The molecule has 68 valence electrons. The Bertz CT molecular complexity index is 538. The third-order valence-electron chi connectivity index (χ3n) is 2.70. The zero-order valence-electron chi connectivity index (χ0n) is 8.12. The molecule has 1 aliphatic heterocycles. The van der Waals surface area contributed by atoms with Crippen molar-refractivity contribution in [1.82, 2.24) is 0 Å². The minimum absolute atomic E-state index is 1.01. The summed E-state index contributed by atoms with van der Waals surface area (Å²) in [6.07, 6.45) is 1.01. The van der Waals surface area contributed by atoms with Crippen molar-refractivity contribution in [3.8, 4) is 0 Å². The van der Waals surface area contributed by atoms with E-state index in [0.29, 0.717) is 0 Å². The van der Waals surface area contributed by atoms with Crippen molar-refractivity contribution in [2.75, 3.05) is 0 Å². The lowest BCUT2D eigenvalue weighted by Crippen LogP contribution is -1.88. The normalized spacial score (nSPS) is 14.2. The lowest BCUT2D eigenvalue weighted by molar-refractivity contribution is 1.40. The predicted octanol–water partition coefficient (Wildman–Crippen LogP) is 3.49. The van der Waals surface area contributed by atoms with Gasteiger partial charge >= 0.3 is 0 Å². The van der Waals surface area contributed by atoms with E-state index in [9.17, 15) is 0 Å². The number of rotatable bonds is 0. The zero-order chi connectivity index (χ0) is 9.54. The van der Waals surface area contributed by atoms with E-state index in [4.69, 9.17) is 0 Å². The molecule has 0 bridgehead atoms. The van der Waals surface area contributed by atoms with E-state index >= 15 is 0 Å². The highest BCUT2D eigenvalue weighted by Crippen LogP contribution is 2.31. The Morgan fingerprint density at radius 1 is 1.07 bits per heavy atom. The first-order valence-corrected chi connectivity index (χ1v) is 4.89. The second kappa shape index (κ2) is 2.68. The van der Waals surface area contributed by atoms with Gasteiger partial charge in [-0.25, -0.2) is 0 Å². The van der Waals surface area contributed by atoms with Gasteiger partial charge in [0, 0.05) is 12.1 Å². The molecule has 0 N–H and O–H groups in total. The number of fused-ring (bicyclic) bond motifs is 2. The Morgan fingerprint density at radius 2 is 1.79 bits per heavy atom. The van der Waals surface area contributed by atoms with Gasteiger partial charge in [0.25, 0.3) is 0 Å². The van der Waals surface area contributed by atoms with Crippen molar-refractivity contribution in [2.24, 2.45) is 4.99 Å². The Balaban J connectivity index is 2.33. The fourth-order valence-corrected chi connectivity index (χ4v) is 2.04. The summed E-state index contributed by atoms with van der Waals surface area (Å²) in [4.78, 5) is 4.52. The van der Waals surface area contributed by atoms with Crippen LogP contribution in [0.2, 0.25) is 0 Å². The number of benzene rings is 2. The number of nitrogens with zero attached hydrogens (tertiary/aromatic N) is 1. The first-order valence-electron chi connectivity index (χ1n) is 4.89. The molecule has 0 unspecified atom stereocenters. The van der Waals surface area contributed by atoms with Gasteiger partial charge in [0.05, 0.1) is 5.69 Å². The molecule has 2 aromatic rings. The van der Waals surface area contributed by atoms with Gasteiger partial charge in [0.15, 0.2) is 0 Å². The van der Waals surface area contributed by atoms with Gasteiger partial charge < -0.3 is 0 Å². The fourth-order valence-electron chi connectivity index (χ4n) is 2.04. The van der Waals surface area contributed by atoms with Crippen LogP contribution in [0.3, 0.4) is 0 Å². The Kier molecular flexibility index (Phi) is 1.48. The molecule has 0 fully saturated rings. The first kappa shape index (κ1) is 7.74. The molecule has 0 amide bonds. The average Bonchev–Trinajstić information content (AvgIpc) is 2.53. The Morgan fingerprint density at radius 3 is 2.57 bits per heavy atom. The van der Waals surface area contributed by atoms with Gasteiger partial charge in [0.2, 0.25) is 0 Å². The van der Waals surface area contributed by atoms with Gasteiger partial charge in [-0.1, -0.05) is 24.3 Å². The van der Waals surface area contributed by atoms with E-state index in [1.165, 1.54) is 22.0 Å². The van der Waals surface area contributed by atoms with E-state index in [-0.39, 0.29) is 0 Å². The molecular weight excluding hydrogens is 170 g/mol. The molecule has 0 aromatic heterocycles. The Labute approximate surface area is 83.1 Å². The standard InChI is InChI=1S/C13H11N/c1-9-6-12-7-10-4-2-3-5-11(10)8-13(12)14-9/h2-5,7-8H,6H2,1H3. The van der Waals surface area contributed by atoms with E-state index in [0.717, 1.165) is 12.1 Å². The molecule has 0 radical (unpaired) electrons. The molecule has 2 aromatic carbocycles. The third kappa shape index (κ3) is 1.06. The minimum Gasteiger partial charge on any atom is -0.257 e. The van der Waals surface area contributed by atoms with Gasteiger partial charge in [-0.05, 0) is 35.4 Å². The van der Waals surface area contributed by atoms with Crippen molar-refractivity contribution >= 4 is 22.2 Å². The maximum atomic E-state index is 4.52. The van der Waals surface area contributed by atoms with Gasteiger partial charge in [-0.2, -0.15) is 0 Å². The zero-order valence-corrected chi connectivity index (χ0v) is 8.12. The molecule has 0 spiro atoms. The molecular formula is C13H11N. The maximum absolute atomic E-state index is 4.52. The molecule has 0 saturated carbocycles. The number of hydrogen-bond donors (Lipinski definition) is 0. The third-order valence-corrected chi connectivity index (χ3v) is 2.70. The van der Waals surface area contributed by atoms with Crippen LogP contribution < -0.4 is 0 Å². The van der Waals surface area contributed by atoms with Crippen LogP contribution in [0.4, 0.5) is 5.69 Å². The van der Waals surface area contributed by atoms with Crippen molar-refractivity contribution < 1.29 is 0 Å². The molecule has 3 rings (SSSR count). The smallest absolute Gasteiger partial charge is 0.0671 e. The summed E-state index contributed by atoms with van der Waals surface area (Å²) in [5.74, 6) is 0. The Hall–Kier alpha value is -1.63. The van der Waals surface area contributed by atoms with Gasteiger partial charge in [-0.3, -0.25) is 4.99 Å². The van der Waals surface area contributed by atoms with E-state index in [1.54, 1.807) is 0 Å². The SMILES string of the molecule is CC1=Nc2cc3ccccc3cc2C1. The van der Waals surface area contributed by atoms with Crippen LogP contribution >= 0.6 is 0 Å². The molecule has 1 heteroatoms. The summed E-state index contributed by atoms with van der Waals surface area (Å²) >= 11 is 0. The van der Waals surface area contributed by atoms with E-state index in [2.05, 4.69) is 48.3 Å². The van der Waals surface area contributed by atoms with Crippen LogP contribution in [0, 0.1) is 0 Å². The van der Waals surface area contributed by atoms with Crippen LogP contribution in [-0.2, 0) is 6.42 Å². The highest BCUT2D eigenvalue weighted by molar-refractivity contribution is 5.96. The molecule has 0 aliphatic carbocycles. The van der Waals surface area contributed by atoms with Crippen molar-refractivity contribution in [1.29, 1.82) is 0 Å². The second-order valence-electron chi connectivity index (χ2n) is 3.85. The highest BCUT2D eigenvalue weighted by atomic mass is 14.8. The van der Waals surface area contributed by atoms with Crippen molar-refractivity contribution in [3.63, 3.8) is 0 Å². The summed E-state index contributed by atoms with van der Waals surface area (Å²) in [6.45, 7) is 2.09. The lowest BCUT2D eigenvalue weighted by Gasteiger charge is -2.00. The van der Waals surface area contributed by atoms with Crippen LogP contribution in [0.5, 0.6) is 0 Å². The summed E-state index contributed by atoms with van der Waals surface area (Å²) < 4.78 is 0. The maximum Gasteiger partial charge on any atom is 0.0671 e. The van der Waals surface area contributed by atoms with Crippen LogP contribution in [0.25, 0.3) is 10.8 Å². The largest absolute Gasteiger partial charge is 0.257 e. The molecule has 14 heavy (non-hydrogen) atoms. The van der Waals surface area contributed by atoms with Gasteiger partial charge in [0.1, 0.15) is 0 Å². The average molecular weight is 181 g/mol. The van der Waals surface area contributed by atoms with E-state index in [1.807, 2.05) is 0 Å². The summed E-state index contributed by atoms with van der Waals surface area (Å²) in [5.41, 5.74) is 3.73. The number of aliphatic imine (C=N–C) groups is 1. The summed E-state index contributed by atoms with van der Waals surface area (Å²) in [7, 11) is 0. The summed E-state index contributed by atoms with van der Waals surface area (Å²) in [5, 5.41) is 2.60. The van der Waals surface area contributed by atoms with Crippen LogP contribution in [0.15, 0.2) is 41.4 Å². The molecule has 1 heterocycles. The van der Waals surface area contributed by atoms with Crippen molar-refractivity contribution in [3.05, 3.63) is 42.0 Å². The quantitative estimate of drug-likeness (QED) is 0.590.